The molecular weight excluding hydrogens is 427 g/mol. The normalized spacial score (nSPS) is 11.2. The summed E-state index contributed by atoms with van der Waals surface area (Å²) in [4.78, 5) is 12.5. The molecule has 0 fully saturated rings. The van der Waals surface area contributed by atoms with E-state index in [2.05, 4.69) is 17.4 Å². The van der Waals surface area contributed by atoms with Crippen LogP contribution in [0, 0.1) is 19.7 Å². The van der Waals surface area contributed by atoms with Crippen LogP contribution in [0.3, 0.4) is 0 Å². The number of aryl methyl sites for hydroxylation is 3. The molecule has 0 spiro atoms. The van der Waals surface area contributed by atoms with E-state index in [0.717, 1.165) is 34.8 Å². The molecular formula is C25H27FN2O3S. The number of nitrogens with one attached hydrogen (secondary N) is 1. The largest absolute Gasteiger partial charge is 0.355 e. The van der Waals surface area contributed by atoms with Gasteiger partial charge >= 0.3 is 0 Å². The molecule has 0 aromatic heterocycles. The van der Waals surface area contributed by atoms with Gasteiger partial charge in [0, 0.05) is 6.54 Å². The molecule has 0 bridgehead atoms. The average molecular weight is 455 g/mol. The van der Waals surface area contributed by atoms with Crippen molar-refractivity contribution in [1.29, 1.82) is 0 Å². The van der Waals surface area contributed by atoms with Crippen molar-refractivity contribution in [2.45, 2.75) is 31.6 Å². The summed E-state index contributed by atoms with van der Waals surface area (Å²) in [5.74, 6) is -0.933. The predicted molar refractivity (Wildman–Crippen MR) is 125 cm³/mol. The lowest BCUT2D eigenvalue weighted by Crippen LogP contribution is -2.41. The molecule has 1 amide bonds. The molecule has 0 atom stereocenters. The van der Waals surface area contributed by atoms with Crippen LogP contribution in [-0.4, -0.2) is 27.4 Å². The summed E-state index contributed by atoms with van der Waals surface area (Å²) in [6.45, 7) is 3.99. The summed E-state index contributed by atoms with van der Waals surface area (Å²) in [5.41, 5.74) is 3.72. The first kappa shape index (κ1) is 23.5. The van der Waals surface area contributed by atoms with Crippen molar-refractivity contribution in [1.82, 2.24) is 5.32 Å². The third-order valence-electron chi connectivity index (χ3n) is 5.10. The molecule has 0 aliphatic heterocycles. The highest BCUT2D eigenvalue weighted by molar-refractivity contribution is 7.92. The van der Waals surface area contributed by atoms with Gasteiger partial charge in [-0.05, 0) is 68.7 Å². The molecule has 0 aliphatic rings. The van der Waals surface area contributed by atoms with Gasteiger partial charge in [0.1, 0.15) is 12.4 Å². The molecule has 0 saturated heterocycles. The van der Waals surface area contributed by atoms with E-state index in [1.54, 1.807) is 24.3 Å². The fourth-order valence-corrected chi connectivity index (χ4v) is 4.64. The minimum Gasteiger partial charge on any atom is -0.355 e. The second-order valence-corrected chi connectivity index (χ2v) is 9.60. The Bertz CT molecular complexity index is 1140. The zero-order valence-corrected chi connectivity index (χ0v) is 19.0. The fraction of sp³-hybridized carbons (Fsp3) is 0.240. The molecule has 5 nitrogen and oxygen atoms in total. The number of hydrogen-bond donors (Lipinski definition) is 1. The van der Waals surface area contributed by atoms with E-state index >= 15 is 0 Å². The molecule has 0 heterocycles. The number of nitrogens with zero attached hydrogens (tertiary/aromatic N) is 1. The molecule has 168 valence electrons. The molecule has 3 aromatic carbocycles. The van der Waals surface area contributed by atoms with Crippen LogP contribution in [0.1, 0.15) is 23.1 Å². The third kappa shape index (κ3) is 6.17. The average Bonchev–Trinajstić information content (AvgIpc) is 2.77. The van der Waals surface area contributed by atoms with Crippen LogP contribution in [-0.2, 0) is 21.2 Å². The van der Waals surface area contributed by atoms with Gasteiger partial charge in [-0.25, -0.2) is 12.8 Å². The number of hydrogen-bond acceptors (Lipinski definition) is 3. The van der Waals surface area contributed by atoms with Crippen molar-refractivity contribution >= 4 is 21.6 Å². The molecule has 32 heavy (non-hydrogen) atoms. The second kappa shape index (κ2) is 10.4. The maximum atomic E-state index is 13.3. The number of sulfonamides is 1. The van der Waals surface area contributed by atoms with Gasteiger partial charge in [-0.15, -0.1) is 0 Å². The lowest BCUT2D eigenvalue weighted by molar-refractivity contribution is -0.119. The highest BCUT2D eigenvalue weighted by atomic mass is 32.2. The van der Waals surface area contributed by atoms with Gasteiger partial charge in [0.05, 0.1) is 10.6 Å². The van der Waals surface area contributed by atoms with Crippen molar-refractivity contribution < 1.29 is 17.6 Å². The SMILES string of the molecule is Cc1ccc(CCCNC(=O)CN(c2ccc(C)cc2)S(=O)(=O)c2ccc(F)cc2)cc1. The molecule has 7 heteroatoms. The Morgan fingerprint density at radius 1 is 0.875 bits per heavy atom. The van der Waals surface area contributed by atoms with Gasteiger partial charge in [0.2, 0.25) is 5.91 Å². The molecule has 0 radical (unpaired) electrons. The van der Waals surface area contributed by atoms with Gasteiger partial charge in [0.15, 0.2) is 0 Å². The van der Waals surface area contributed by atoms with Crippen molar-refractivity contribution in [3.05, 3.63) is 95.3 Å². The molecule has 1 N–H and O–H groups in total. The quantitative estimate of drug-likeness (QED) is 0.488. The van der Waals surface area contributed by atoms with E-state index in [9.17, 15) is 17.6 Å². The number of benzene rings is 3. The highest BCUT2D eigenvalue weighted by Gasteiger charge is 2.27. The van der Waals surface area contributed by atoms with Crippen molar-refractivity contribution in [2.75, 3.05) is 17.4 Å². The first-order valence-electron chi connectivity index (χ1n) is 10.4. The van der Waals surface area contributed by atoms with Crippen LogP contribution < -0.4 is 9.62 Å². The van der Waals surface area contributed by atoms with E-state index in [0.29, 0.717) is 12.2 Å². The summed E-state index contributed by atoms with van der Waals surface area (Å²) in [7, 11) is -4.05. The molecule has 0 aliphatic carbocycles. The number of rotatable bonds is 9. The van der Waals surface area contributed by atoms with Crippen LogP contribution in [0.15, 0.2) is 77.7 Å². The van der Waals surface area contributed by atoms with Gasteiger partial charge < -0.3 is 5.32 Å². The van der Waals surface area contributed by atoms with Gasteiger partial charge in [-0.1, -0.05) is 47.5 Å². The monoisotopic (exact) mass is 454 g/mol. The lowest BCUT2D eigenvalue weighted by atomic mass is 10.1. The van der Waals surface area contributed by atoms with E-state index in [4.69, 9.17) is 0 Å². The number of anilines is 1. The van der Waals surface area contributed by atoms with Crippen LogP contribution in [0.4, 0.5) is 10.1 Å². The van der Waals surface area contributed by atoms with Crippen LogP contribution >= 0.6 is 0 Å². The number of carbonyl (C=O) groups is 1. The summed E-state index contributed by atoms with van der Waals surface area (Å²) in [6, 6.07) is 19.7. The van der Waals surface area contributed by atoms with Crippen molar-refractivity contribution in [3.8, 4) is 0 Å². The predicted octanol–water partition coefficient (Wildman–Crippen LogP) is 4.39. The van der Waals surface area contributed by atoms with Crippen molar-refractivity contribution in [2.24, 2.45) is 0 Å². The first-order valence-corrected chi connectivity index (χ1v) is 11.9. The Kier molecular flexibility index (Phi) is 7.64. The number of carbonyl (C=O) groups excluding carboxylic acids is 1. The Hall–Kier alpha value is -3.19. The molecule has 0 unspecified atom stereocenters. The summed E-state index contributed by atoms with van der Waals surface area (Å²) >= 11 is 0. The van der Waals surface area contributed by atoms with Gasteiger partial charge in [0.25, 0.3) is 10.0 Å². The third-order valence-corrected chi connectivity index (χ3v) is 6.88. The minimum atomic E-state index is -4.05. The number of halogens is 1. The van der Waals surface area contributed by atoms with Crippen molar-refractivity contribution in [3.63, 3.8) is 0 Å². The Morgan fingerprint density at radius 3 is 2.03 bits per heavy atom. The Balaban J connectivity index is 1.69. The van der Waals surface area contributed by atoms with Crippen LogP contribution in [0.5, 0.6) is 0 Å². The standard InChI is InChI=1S/C25H27FN2O3S/c1-19-5-9-21(10-6-19)4-3-17-27-25(29)18-28(23-13-7-20(2)8-14-23)32(30,31)24-15-11-22(26)12-16-24/h5-16H,3-4,17-18H2,1-2H3,(H,27,29). The summed E-state index contributed by atoms with van der Waals surface area (Å²) in [5, 5.41) is 2.80. The van der Waals surface area contributed by atoms with Crippen LogP contribution in [0.2, 0.25) is 0 Å². The minimum absolute atomic E-state index is 0.0772. The van der Waals surface area contributed by atoms with E-state index < -0.39 is 21.7 Å². The highest BCUT2D eigenvalue weighted by Crippen LogP contribution is 2.24. The van der Waals surface area contributed by atoms with Crippen LogP contribution in [0.25, 0.3) is 0 Å². The smallest absolute Gasteiger partial charge is 0.264 e. The van der Waals surface area contributed by atoms with Gasteiger partial charge in [-0.2, -0.15) is 0 Å². The van der Waals surface area contributed by atoms with E-state index in [1.807, 2.05) is 26.0 Å². The Labute approximate surface area is 188 Å². The number of amides is 1. The topological polar surface area (TPSA) is 66.5 Å². The molecule has 0 saturated carbocycles. The second-order valence-electron chi connectivity index (χ2n) is 7.74. The zero-order valence-electron chi connectivity index (χ0n) is 18.2. The lowest BCUT2D eigenvalue weighted by Gasteiger charge is -2.24. The first-order chi connectivity index (χ1) is 15.3. The van der Waals surface area contributed by atoms with E-state index in [-0.39, 0.29) is 11.4 Å². The maximum Gasteiger partial charge on any atom is 0.264 e. The fourth-order valence-electron chi connectivity index (χ4n) is 3.22. The summed E-state index contributed by atoms with van der Waals surface area (Å²) < 4.78 is 40.8. The Morgan fingerprint density at radius 2 is 1.44 bits per heavy atom. The maximum absolute atomic E-state index is 13.3. The zero-order chi connectivity index (χ0) is 23.1. The van der Waals surface area contributed by atoms with E-state index in [1.165, 1.54) is 23.3 Å². The molecule has 3 aromatic rings. The van der Waals surface area contributed by atoms with Gasteiger partial charge in [-0.3, -0.25) is 9.10 Å². The molecule has 3 rings (SSSR count). The summed E-state index contributed by atoms with van der Waals surface area (Å²) in [6.07, 6.45) is 1.56.